The van der Waals surface area contributed by atoms with Gasteiger partial charge in [-0.3, -0.25) is 14.4 Å². The maximum atomic E-state index is 12.4. The molecule has 2 N–H and O–H groups in total. The Morgan fingerprint density at radius 3 is 2.59 bits per heavy atom. The maximum absolute atomic E-state index is 12.4. The number of likely N-dealkylation sites (tertiary alicyclic amines) is 1. The lowest BCUT2D eigenvalue weighted by Crippen LogP contribution is -2.38. The maximum Gasteiger partial charge on any atom is 0.251 e. The SMILES string of the molecule is COc1cccc(C(=O)NCCNC(=O)C2CC(=O)N(Cc3ccccc3)C2)c1. The molecule has 7 heteroatoms. The Hall–Kier alpha value is -3.35. The van der Waals surface area contributed by atoms with E-state index in [1.807, 2.05) is 30.3 Å². The van der Waals surface area contributed by atoms with Gasteiger partial charge in [0.2, 0.25) is 11.8 Å². The second-order valence-corrected chi connectivity index (χ2v) is 6.94. The van der Waals surface area contributed by atoms with Gasteiger partial charge in [-0.15, -0.1) is 0 Å². The van der Waals surface area contributed by atoms with Crippen LogP contribution >= 0.6 is 0 Å². The highest BCUT2D eigenvalue weighted by molar-refractivity contribution is 5.94. The monoisotopic (exact) mass is 395 g/mol. The average molecular weight is 395 g/mol. The molecule has 1 aliphatic heterocycles. The zero-order valence-corrected chi connectivity index (χ0v) is 16.4. The summed E-state index contributed by atoms with van der Waals surface area (Å²) in [5.74, 6) is -0.162. The van der Waals surface area contributed by atoms with Gasteiger partial charge in [-0.05, 0) is 23.8 Å². The molecule has 1 unspecified atom stereocenters. The molecule has 29 heavy (non-hydrogen) atoms. The van der Waals surface area contributed by atoms with E-state index in [-0.39, 0.29) is 30.1 Å². The minimum Gasteiger partial charge on any atom is -0.497 e. The topological polar surface area (TPSA) is 87.7 Å². The summed E-state index contributed by atoms with van der Waals surface area (Å²) < 4.78 is 5.11. The zero-order chi connectivity index (χ0) is 20.6. The van der Waals surface area contributed by atoms with E-state index < -0.39 is 0 Å². The third-order valence-electron chi connectivity index (χ3n) is 4.84. The highest BCUT2D eigenvalue weighted by Gasteiger charge is 2.33. The van der Waals surface area contributed by atoms with Gasteiger partial charge in [-0.1, -0.05) is 36.4 Å². The number of hydrogen-bond donors (Lipinski definition) is 2. The molecule has 1 aliphatic rings. The Labute approximate surface area is 170 Å². The van der Waals surface area contributed by atoms with Gasteiger partial charge in [-0.2, -0.15) is 0 Å². The third kappa shape index (κ3) is 5.57. The molecule has 2 aromatic rings. The molecule has 152 valence electrons. The first-order valence-electron chi connectivity index (χ1n) is 9.58. The number of nitrogens with one attached hydrogen (secondary N) is 2. The van der Waals surface area contributed by atoms with Crippen molar-refractivity contribution in [2.75, 3.05) is 26.7 Å². The molecule has 0 aromatic heterocycles. The first kappa shape index (κ1) is 20.4. The van der Waals surface area contributed by atoms with Gasteiger partial charge in [-0.25, -0.2) is 0 Å². The lowest BCUT2D eigenvalue weighted by Gasteiger charge is -2.16. The van der Waals surface area contributed by atoms with Gasteiger partial charge in [0, 0.05) is 38.2 Å². The number of carbonyl (C=O) groups is 3. The number of nitrogens with zero attached hydrogens (tertiary/aromatic N) is 1. The van der Waals surface area contributed by atoms with E-state index in [4.69, 9.17) is 4.74 Å². The Morgan fingerprint density at radius 2 is 1.83 bits per heavy atom. The van der Waals surface area contributed by atoms with Crippen molar-refractivity contribution in [1.29, 1.82) is 0 Å². The van der Waals surface area contributed by atoms with Crippen molar-refractivity contribution in [1.82, 2.24) is 15.5 Å². The summed E-state index contributed by atoms with van der Waals surface area (Å²) >= 11 is 0. The summed E-state index contributed by atoms with van der Waals surface area (Å²) in [6.07, 6.45) is 0.217. The molecule has 0 saturated carbocycles. The molecule has 7 nitrogen and oxygen atoms in total. The second kappa shape index (κ2) is 9.73. The highest BCUT2D eigenvalue weighted by atomic mass is 16.5. The lowest BCUT2D eigenvalue weighted by molar-refractivity contribution is -0.129. The number of carbonyl (C=O) groups excluding carboxylic acids is 3. The smallest absolute Gasteiger partial charge is 0.251 e. The molecule has 1 heterocycles. The minimum absolute atomic E-state index is 0.0136. The molecular weight excluding hydrogens is 370 g/mol. The molecular formula is C22H25N3O4. The predicted molar refractivity (Wildman–Crippen MR) is 108 cm³/mol. The Kier molecular flexibility index (Phi) is 6.84. The van der Waals surface area contributed by atoms with Gasteiger partial charge in [0.25, 0.3) is 5.91 Å². The summed E-state index contributed by atoms with van der Waals surface area (Å²) in [4.78, 5) is 38.4. The fourth-order valence-corrected chi connectivity index (χ4v) is 3.28. The van der Waals surface area contributed by atoms with E-state index in [2.05, 4.69) is 10.6 Å². The molecule has 0 radical (unpaired) electrons. The molecule has 0 aliphatic carbocycles. The predicted octanol–water partition coefficient (Wildman–Crippen LogP) is 1.59. The van der Waals surface area contributed by atoms with E-state index in [0.29, 0.717) is 37.5 Å². The quantitative estimate of drug-likeness (QED) is 0.665. The van der Waals surface area contributed by atoms with Crippen LogP contribution < -0.4 is 15.4 Å². The first-order chi connectivity index (χ1) is 14.1. The number of hydrogen-bond acceptors (Lipinski definition) is 4. The Morgan fingerprint density at radius 1 is 1.07 bits per heavy atom. The summed E-state index contributed by atoms with van der Waals surface area (Å²) in [5.41, 5.74) is 1.54. The van der Waals surface area contributed by atoms with Crippen LogP contribution in [0.3, 0.4) is 0 Å². The first-order valence-corrected chi connectivity index (χ1v) is 9.58. The Bertz CT molecular complexity index is 869. The summed E-state index contributed by atoms with van der Waals surface area (Å²) in [5, 5.41) is 5.56. The van der Waals surface area contributed by atoms with Crippen LogP contribution in [0.1, 0.15) is 22.3 Å². The second-order valence-electron chi connectivity index (χ2n) is 6.94. The average Bonchev–Trinajstić information content (AvgIpc) is 3.12. The largest absolute Gasteiger partial charge is 0.497 e. The summed E-state index contributed by atoms with van der Waals surface area (Å²) in [6, 6.07) is 16.6. The van der Waals surface area contributed by atoms with E-state index in [0.717, 1.165) is 5.56 Å². The van der Waals surface area contributed by atoms with E-state index in [1.165, 1.54) is 0 Å². The fourth-order valence-electron chi connectivity index (χ4n) is 3.28. The van der Waals surface area contributed by atoms with Crippen molar-refractivity contribution in [3.05, 3.63) is 65.7 Å². The minimum atomic E-state index is -0.361. The van der Waals surface area contributed by atoms with Crippen LogP contribution in [0.15, 0.2) is 54.6 Å². The van der Waals surface area contributed by atoms with Crippen molar-refractivity contribution < 1.29 is 19.1 Å². The van der Waals surface area contributed by atoms with Crippen LogP contribution in [-0.4, -0.2) is 49.4 Å². The van der Waals surface area contributed by atoms with Crippen molar-refractivity contribution in [2.45, 2.75) is 13.0 Å². The van der Waals surface area contributed by atoms with Crippen molar-refractivity contribution in [3.8, 4) is 5.75 Å². The fraction of sp³-hybridized carbons (Fsp3) is 0.318. The number of rotatable bonds is 8. The van der Waals surface area contributed by atoms with Crippen molar-refractivity contribution >= 4 is 17.7 Å². The van der Waals surface area contributed by atoms with Crippen LogP contribution in [0.25, 0.3) is 0 Å². The number of amides is 3. The van der Waals surface area contributed by atoms with Crippen molar-refractivity contribution in [3.63, 3.8) is 0 Å². The lowest BCUT2D eigenvalue weighted by atomic mass is 10.1. The van der Waals surface area contributed by atoms with E-state index >= 15 is 0 Å². The molecule has 1 saturated heterocycles. The third-order valence-corrected chi connectivity index (χ3v) is 4.84. The van der Waals surface area contributed by atoms with Crippen LogP contribution in [0.5, 0.6) is 5.75 Å². The zero-order valence-electron chi connectivity index (χ0n) is 16.4. The normalized spacial score (nSPS) is 15.8. The van der Waals surface area contributed by atoms with Gasteiger partial charge in [0.05, 0.1) is 13.0 Å². The van der Waals surface area contributed by atoms with Gasteiger partial charge < -0.3 is 20.3 Å². The van der Waals surface area contributed by atoms with Crippen LogP contribution in [0.2, 0.25) is 0 Å². The number of ether oxygens (including phenoxy) is 1. The van der Waals surface area contributed by atoms with E-state index in [9.17, 15) is 14.4 Å². The van der Waals surface area contributed by atoms with Crippen LogP contribution in [0.4, 0.5) is 0 Å². The molecule has 1 atom stereocenters. The van der Waals surface area contributed by atoms with Gasteiger partial charge >= 0.3 is 0 Å². The van der Waals surface area contributed by atoms with Crippen LogP contribution in [-0.2, 0) is 16.1 Å². The van der Waals surface area contributed by atoms with Crippen molar-refractivity contribution in [2.24, 2.45) is 5.92 Å². The molecule has 3 amide bonds. The van der Waals surface area contributed by atoms with E-state index in [1.54, 1.807) is 36.3 Å². The summed E-state index contributed by atoms with van der Waals surface area (Å²) in [6.45, 7) is 1.53. The molecule has 3 rings (SSSR count). The molecule has 2 aromatic carbocycles. The highest BCUT2D eigenvalue weighted by Crippen LogP contribution is 2.20. The summed E-state index contributed by atoms with van der Waals surface area (Å²) in [7, 11) is 1.54. The van der Waals surface area contributed by atoms with Crippen LogP contribution in [0, 0.1) is 5.92 Å². The standard InChI is InChI=1S/C22H25N3O4/c1-29-19-9-5-8-17(12-19)21(27)23-10-11-24-22(28)18-13-20(26)25(15-18)14-16-6-3-2-4-7-16/h2-9,12,18H,10-11,13-15H2,1H3,(H,23,27)(H,24,28). The molecule has 0 bridgehead atoms. The Balaban J connectivity index is 1.40. The van der Waals surface area contributed by atoms with Gasteiger partial charge in [0.1, 0.15) is 5.75 Å². The van der Waals surface area contributed by atoms with Gasteiger partial charge in [0.15, 0.2) is 0 Å². The molecule has 1 fully saturated rings. The number of methoxy groups -OCH3 is 1. The molecule has 0 spiro atoms. The number of benzene rings is 2.